The van der Waals surface area contributed by atoms with Crippen molar-refractivity contribution in [1.82, 2.24) is 0 Å². The summed E-state index contributed by atoms with van der Waals surface area (Å²) in [6.45, 7) is 4.02. The van der Waals surface area contributed by atoms with E-state index >= 15 is 0 Å². The summed E-state index contributed by atoms with van der Waals surface area (Å²) in [7, 11) is 1.73. The number of hydrogen-bond acceptors (Lipinski definition) is 2. The van der Waals surface area contributed by atoms with Crippen LogP contribution in [-0.4, -0.2) is 13.1 Å². The summed E-state index contributed by atoms with van der Waals surface area (Å²) in [6.07, 6.45) is -0.350. The molecule has 1 aliphatic rings. The molecule has 2 aromatic rings. The zero-order chi connectivity index (χ0) is 15.0. The number of carbonyl (C=O) groups excluding carboxylic acids is 1. The Kier molecular flexibility index (Phi) is 3.26. The predicted octanol–water partition coefficient (Wildman–Crippen LogP) is 4.47. The molecule has 3 heteroatoms. The van der Waals surface area contributed by atoms with Crippen LogP contribution in [-0.2, 0) is 4.74 Å². The monoisotopic (exact) mass is 279 g/mol. The largest absolute Gasteiger partial charge is 0.419 e. The van der Waals surface area contributed by atoms with Crippen molar-refractivity contribution in [2.45, 2.75) is 13.8 Å². The lowest BCUT2D eigenvalue weighted by Crippen LogP contribution is -2.31. The van der Waals surface area contributed by atoms with Crippen molar-refractivity contribution in [3.63, 3.8) is 0 Å². The van der Waals surface area contributed by atoms with Crippen LogP contribution in [0.4, 0.5) is 10.5 Å². The predicted molar refractivity (Wildman–Crippen MR) is 85.0 cm³/mol. The Morgan fingerprint density at radius 1 is 1.10 bits per heavy atom. The Morgan fingerprint density at radius 2 is 1.81 bits per heavy atom. The highest BCUT2D eigenvalue weighted by Crippen LogP contribution is 2.38. The molecule has 3 nitrogen and oxygen atoms in total. The summed E-state index contributed by atoms with van der Waals surface area (Å²) in [5, 5.41) is 0. The van der Waals surface area contributed by atoms with Crippen molar-refractivity contribution in [2.75, 3.05) is 11.9 Å². The average molecular weight is 279 g/mol. The molecule has 0 unspecified atom stereocenters. The average Bonchev–Trinajstić information content (AvgIpc) is 2.51. The number of fused-ring (bicyclic) bond motifs is 1. The number of aryl methyl sites for hydroxylation is 1. The first kappa shape index (κ1) is 13.4. The van der Waals surface area contributed by atoms with Crippen molar-refractivity contribution >= 4 is 23.1 Å². The molecule has 0 aliphatic carbocycles. The number of ether oxygens (including phenoxy) is 1. The Balaban J connectivity index is 2.23. The second-order valence-corrected chi connectivity index (χ2v) is 5.27. The molecule has 0 saturated heterocycles. The minimum Gasteiger partial charge on any atom is -0.409 e. The van der Waals surface area contributed by atoms with Gasteiger partial charge in [-0.1, -0.05) is 42.0 Å². The number of allylic oxidation sites excluding steroid dienone is 1. The van der Waals surface area contributed by atoms with Crippen LogP contribution < -0.4 is 4.90 Å². The van der Waals surface area contributed by atoms with Gasteiger partial charge in [-0.2, -0.15) is 0 Å². The molecule has 0 bridgehead atoms. The van der Waals surface area contributed by atoms with E-state index in [0.29, 0.717) is 5.76 Å². The van der Waals surface area contributed by atoms with Gasteiger partial charge in [-0.25, -0.2) is 4.79 Å². The van der Waals surface area contributed by atoms with Gasteiger partial charge in [0.1, 0.15) is 5.76 Å². The fourth-order valence-electron chi connectivity index (χ4n) is 2.53. The molecule has 1 heterocycles. The maximum Gasteiger partial charge on any atom is 0.419 e. The van der Waals surface area contributed by atoms with Crippen molar-refractivity contribution in [1.29, 1.82) is 0 Å². The third kappa shape index (κ3) is 2.31. The molecule has 106 valence electrons. The van der Waals surface area contributed by atoms with Crippen LogP contribution in [0.25, 0.3) is 11.3 Å². The van der Waals surface area contributed by atoms with Gasteiger partial charge < -0.3 is 4.74 Å². The van der Waals surface area contributed by atoms with Gasteiger partial charge in [0.05, 0.1) is 5.69 Å². The number of rotatable bonds is 1. The van der Waals surface area contributed by atoms with Gasteiger partial charge in [-0.3, -0.25) is 4.90 Å². The van der Waals surface area contributed by atoms with Crippen LogP contribution in [0.5, 0.6) is 0 Å². The number of hydrogen-bond donors (Lipinski definition) is 0. The summed E-state index contributed by atoms with van der Waals surface area (Å²) >= 11 is 0. The van der Waals surface area contributed by atoms with E-state index < -0.39 is 0 Å². The van der Waals surface area contributed by atoms with Crippen LogP contribution in [0.2, 0.25) is 0 Å². The zero-order valence-corrected chi connectivity index (χ0v) is 12.4. The third-order valence-electron chi connectivity index (χ3n) is 3.77. The molecule has 2 aromatic carbocycles. The van der Waals surface area contributed by atoms with Crippen LogP contribution >= 0.6 is 0 Å². The Hall–Kier alpha value is -2.55. The van der Waals surface area contributed by atoms with Gasteiger partial charge in [0.25, 0.3) is 0 Å². The quantitative estimate of drug-likeness (QED) is 0.770. The van der Waals surface area contributed by atoms with E-state index in [9.17, 15) is 4.79 Å². The molecule has 0 fully saturated rings. The molecule has 0 spiro atoms. The zero-order valence-electron chi connectivity index (χ0n) is 12.4. The van der Waals surface area contributed by atoms with E-state index in [2.05, 4.69) is 6.07 Å². The molecule has 1 aliphatic heterocycles. The van der Waals surface area contributed by atoms with Gasteiger partial charge in [-0.15, -0.1) is 0 Å². The van der Waals surface area contributed by atoms with Crippen LogP contribution in [0.1, 0.15) is 23.6 Å². The lowest BCUT2D eigenvalue weighted by atomic mass is 9.99. The summed E-state index contributed by atoms with van der Waals surface area (Å²) in [6, 6.07) is 16.0. The highest BCUT2D eigenvalue weighted by atomic mass is 16.6. The number of cyclic esters (lactones) is 1. The van der Waals surface area contributed by atoms with E-state index in [0.717, 1.165) is 28.0 Å². The van der Waals surface area contributed by atoms with Crippen LogP contribution in [0, 0.1) is 6.92 Å². The number of benzene rings is 2. The Morgan fingerprint density at radius 3 is 2.52 bits per heavy atom. The topological polar surface area (TPSA) is 29.5 Å². The summed E-state index contributed by atoms with van der Waals surface area (Å²) in [4.78, 5) is 13.6. The minimum absolute atomic E-state index is 0.350. The first-order chi connectivity index (χ1) is 10.1. The van der Waals surface area contributed by atoms with Crippen molar-refractivity contribution in [3.05, 3.63) is 65.2 Å². The van der Waals surface area contributed by atoms with Crippen molar-refractivity contribution in [2.24, 2.45) is 0 Å². The highest BCUT2D eigenvalue weighted by Gasteiger charge is 2.28. The summed E-state index contributed by atoms with van der Waals surface area (Å²) < 4.78 is 5.56. The molecule has 0 aromatic heterocycles. The molecule has 0 radical (unpaired) electrons. The molecule has 0 atom stereocenters. The van der Waals surface area contributed by atoms with Gasteiger partial charge in [-0.05, 0) is 37.1 Å². The lowest BCUT2D eigenvalue weighted by molar-refractivity contribution is 0.199. The molecule has 0 N–H and O–H groups in total. The number of amides is 1. The minimum atomic E-state index is -0.350. The normalized spacial score (nSPS) is 16.3. The van der Waals surface area contributed by atoms with Crippen LogP contribution in [0.15, 0.2) is 48.5 Å². The summed E-state index contributed by atoms with van der Waals surface area (Å²) in [5.41, 5.74) is 4.99. The fraction of sp³-hybridized carbons (Fsp3) is 0.167. The van der Waals surface area contributed by atoms with Crippen LogP contribution in [0.3, 0.4) is 0 Å². The fourth-order valence-corrected chi connectivity index (χ4v) is 2.53. The molecule has 0 saturated carbocycles. The van der Waals surface area contributed by atoms with Crippen molar-refractivity contribution in [3.8, 4) is 0 Å². The van der Waals surface area contributed by atoms with E-state index in [4.69, 9.17) is 4.74 Å². The molecular weight excluding hydrogens is 262 g/mol. The van der Waals surface area contributed by atoms with E-state index in [1.54, 1.807) is 7.05 Å². The summed E-state index contributed by atoms with van der Waals surface area (Å²) in [5.74, 6) is 0.642. The smallest absolute Gasteiger partial charge is 0.409 e. The standard InChI is InChI=1S/C18H17NO2/c1-12-9-10-16-15(11-12)17(21-18(20)19(16)3)13(2)14-7-5-4-6-8-14/h4-11H,1-3H3/b17-13-. The Bertz CT molecular complexity index is 732. The number of anilines is 1. The van der Waals surface area contributed by atoms with Gasteiger partial charge in [0.15, 0.2) is 0 Å². The van der Waals surface area contributed by atoms with Gasteiger partial charge >= 0.3 is 6.09 Å². The second-order valence-electron chi connectivity index (χ2n) is 5.27. The first-order valence-corrected chi connectivity index (χ1v) is 6.91. The SMILES string of the molecule is C/C(=C1/OC(=O)N(C)c2ccc(C)cc21)c1ccccc1. The lowest BCUT2D eigenvalue weighted by Gasteiger charge is -2.28. The number of nitrogens with zero attached hydrogens (tertiary/aromatic N) is 1. The second kappa shape index (κ2) is 5.09. The van der Waals surface area contributed by atoms with Crippen molar-refractivity contribution < 1.29 is 9.53 Å². The first-order valence-electron chi connectivity index (χ1n) is 6.91. The van der Waals surface area contributed by atoms with E-state index in [1.807, 2.05) is 56.3 Å². The van der Waals surface area contributed by atoms with E-state index in [1.165, 1.54) is 4.90 Å². The number of carbonyl (C=O) groups is 1. The maximum atomic E-state index is 12.1. The highest BCUT2D eigenvalue weighted by molar-refractivity contribution is 6.03. The maximum absolute atomic E-state index is 12.1. The Labute approximate surface area is 124 Å². The van der Waals surface area contributed by atoms with E-state index in [-0.39, 0.29) is 6.09 Å². The molecule has 3 rings (SSSR count). The molecule has 1 amide bonds. The van der Waals surface area contributed by atoms with Gasteiger partial charge in [0, 0.05) is 12.6 Å². The van der Waals surface area contributed by atoms with Gasteiger partial charge in [0.2, 0.25) is 0 Å². The third-order valence-corrected chi connectivity index (χ3v) is 3.77. The molecular formula is C18H17NO2. The molecule has 21 heavy (non-hydrogen) atoms.